The molecule has 0 bridgehead atoms. The monoisotopic (exact) mass is 319 g/mol. The lowest BCUT2D eigenvalue weighted by Gasteiger charge is -2.10. The Bertz CT molecular complexity index is 613. The molecule has 4 nitrogen and oxygen atoms in total. The molecule has 0 aliphatic rings. The van der Waals surface area contributed by atoms with Crippen LogP contribution in [0.15, 0.2) is 30.3 Å². The average molecular weight is 320 g/mol. The lowest BCUT2D eigenvalue weighted by atomic mass is 10.1. The van der Waals surface area contributed by atoms with Gasteiger partial charge in [-0.2, -0.15) is 10.2 Å². The second-order valence-corrected chi connectivity index (χ2v) is 4.79. The Morgan fingerprint density at radius 3 is 2.74 bits per heavy atom. The van der Waals surface area contributed by atoms with Crippen LogP contribution in [0.4, 0.5) is 5.69 Å². The summed E-state index contributed by atoms with van der Waals surface area (Å²) in [5.41, 5.74) is 3.74. The van der Waals surface area contributed by atoms with E-state index in [4.69, 9.17) is 0 Å². The first-order valence-corrected chi connectivity index (χ1v) is 7.00. The molecule has 1 N–H and O–H groups in total. The van der Waals surface area contributed by atoms with Crippen molar-refractivity contribution in [1.29, 1.82) is 0 Å². The van der Waals surface area contributed by atoms with Gasteiger partial charge in [0.25, 0.3) is 5.91 Å². The van der Waals surface area contributed by atoms with E-state index in [9.17, 15) is 4.79 Å². The molecule has 0 aliphatic carbocycles. The number of halogens is 1. The molecule has 0 saturated heterocycles. The van der Waals surface area contributed by atoms with Crippen LogP contribution in [0.5, 0.6) is 0 Å². The second kappa shape index (κ2) is 5.93. The van der Waals surface area contributed by atoms with Crippen molar-refractivity contribution in [2.24, 2.45) is 0 Å². The number of carbonyl (C=O) groups excluding carboxylic acids is 1. The molecule has 0 saturated carbocycles. The largest absolute Gasteiger partial charge is 0.322 e. The number of alkyl halides is 1. The zero-order chi connectivity index (χ0) is 13.8. The highest BCUT2D eigenvalue weighted by atomic mass is 79.9. The van der Waals surface area contributed by atoms with Crippen molar-refractivity contribution in [3.63, 3.8) is 0 Å². The predicted octanol–water partition coefficient (Wildman–Crippen LogP) is 3.24. The van der Waals surface area contributed by atoms with Crippen molar-refractivity contribution in [2.75, 3.05) is 5.32 Å². The first-order chi connectivity index (χ1) is 9.11. The van der Waals surface area contributed by atoms with Gasteiger partial charge < -0.3 is 5.32 Å². The van der Waals surface area contributed by atoms with Gasteiger partial charge in [0.2, 0.25) is 0 Å². The van der Waals surface area contributed by atoms with E-state index in [1.54, 1.807) is 13.0 Å². The SMILES string of the molecule is Cc1cc(C(=O)Nc2ccccc2CBr)c(C)nn1. The van der Waals surface area contributed by atoms with Crippen LogP contribution in [0, 0.1) is 13.8 Å². The van der Waals surface area contributed by atoms with Gasteiger partial charge in [-0.3, -0.25) is 4.79 Å². The first kappa shape index (κ1) is 13.7. The summed E-state index contributed by atoms with van der Waals surface area (Å²) in [6.45, 7) is 3.59. The van der Waals surface area contributed by atoms with E-state index in [2.05, 4.69) is 31.4 Å². The maximum absolute atomic E-state index is 12.3. The maximum Gasteiger partial charge on any atom is 0.257 e. The van der Waals surface area contributed by atoms with Crippen molar-refractivity contribution in [2.45, 2.75) is 19.2 Å². The van der Waals surface area contributed by atoms with Crippen molar-refractivity contribution in [3.05, 3.63) is 52.8 Å². The van der Waals surface area contributed by atoms with Gasteiger partial charge in [0.15, 0.2) is 0 Å². The number of amides is 1. The van der Waals surface area contributed by atoms with Crippen molar-refractivity contribution < 1.29 is 4.79 Å². The fraction of sp³-hybridized carbons (Fsp3) is 0.214. The molecule has 5 heteroatoms. The van der Waals surface area contributed by atoms with E-state index >= 15 is 0 Å². The number of hydrogen-bond donors (Lipinski definition) is 1. The minimum absolute atomic E-state index is 0.163. The highest BCUT2D eigenvalue weighted by Gasteiger charge is 2.12. The van der Waals surface area contributed by atoms with Gasteiger partial charge in [-0.05, 0) is 31.5 Å². The molecule has 0 atom stereocenters. The van der Waals surface area contributed by atoms with Gasteiger partial charge in [0.1, 0.15) is 0 Å². The fourth-order valence-corrected chi connectivity index (χ4v) is 2.22. The van der Waals surface area contributed by atoms with Crippen LogP contribution in [0.1, 0.15) is 27.3 Å². The van der Waals surface area contributed by atoms with E-state index in [0.717, 1.165) is 16.9 Å². The molecule has 1 aromatic heterocycles. The molecule has 19 heavy (non-hydrogen) atoms. The smallest absolute Gasteiger partial charge is 0.257 e. The van der Waals surface area contributed by atoms with E-state index in [1.807, 2.05) is 31.2 Å². The zero-order valence-corrected chi connectivity index (χ0v) is 12.4. The molecule has 0 aliphatic heterocycles. The third kappa shape index (κ3) is 3.17. The molecule has 2 aromatic rings. The molecule has 1 amide bonds. The number of nitrogens with one attached hydrogen (secondary N) is 1. The van der Waals surface area contributed by atoms with Crippen LogP contribution in [-0.2, 0) is 5.33 Å². The summed E-state index contributed by atoms with van der Waals surface area (Å²) >= 11 is 3.41. The molecule has 0 radical (unpaired) electrons. The minimum Gasteiger partial charge on any atom is -0.322 e. The molecule has 2 rings (SSSR count). The van der Waals surface area contributed by atoms with E-state index in [1.165, 1.54) is 0 Å². The van der Waals surface area contributed by atoms with Gasteiger partial charge >= 0.3 is 0 Å². The normalized spacial score (nSPS) is 10.3. The third-order valence-corrected chi connectivity index (χ3v) is 3.36. The Kier molecular flexibility index (Phi) is 4.27. The van der Waals surface area contributed by atoms with Crippen LogP contribution < -0.4 is 5.32 Å². The Labute approximate surface area is 120 Å². The quantitative estimate of drug-likeness (QED) is 0.883. The summed E-state index contributed by atoms with van der Waals surface area (Å²) < 4.78 is 0. The van der Waals surface area contributed by atoms with Gasteiger partial charge in [-0.1, -0.05) is 34.1 Å². The number of aromatic nitrogens is 2. The molecule has 0 unspecified atom stereocenters. The lowest BCUT2D eigenvalue weighted by Crippen LogP contribution is -2.16. The second-order valence-electron chi connectivity index (χ2n) is 4.23. The fourth-order valence-electron chi connectivity index (χ4n) is 1.73. The first-order valence-electron chi connectivity index (χ1n) is 5.88. The number of anilines is 1. The van der Waals surface area contributed by atoms with Crippen LogP contribution in [0.2, 0.25) is 0 Å². The topological polar surface area (TPSA) is 54.9 Å². The zero-order valence-electron chi connectivity index (χ0n) is 10.8. The van der Waals surface area contributed by atoms with E-state index in [-0.39, 0.29) is 5.91 Å². The molecular weight excluding hydrogens is 306 g/mol. The van der Waals surface area contributed by atoms with Crippen molar-refractivity contribution >= 4 is 27.5 Å². The number of aryl methyl sites for hydroxylation is 2. The van der Waals surface area contributed by atoms with Gasteiger partial charge in [0, 0.05) is 11.0 Å². The number of carbonyl (C=O) groups is 1. The third-order valence-electron chi connectivity index (χ3n) is 2.75. The summed E-state index contributed by atoms with van der Waals surface area (Å²) in [5.74, 6) is -0.163. The maximum atomic E-state index is 12.3. The summed E-state index contributed by atoms with van der Waals surface area (Å²) in [4.78, 5) is 12.3. The Balaban J connectivity index is 2.28. The Hall–Kier alpha value is -1.75. The molecule has 98 valence electrons. The summed E-state index contributed by atoms with van der Waals surface area (Å²) in [6, 6.07) is 9.42. The van der Waals surface area contributed by atoms with Gasteiger partial charge in [-0.25, -0.2) is 0 Å². The number of para-hydroxylation sites is 1. The van der Waals surface area contributed by atoms with Crippen LogP contribution in [0.3, 0.4) is 0 Å². The molecular formula is C14H14BrN3O. The van der Waals surface area contributed by atoms with Crippen LogP contribution in [-0.4, -0.2) is 16.1 Å². The molecule has 0 fully saturated rings. The van der Waals surface area contributed by atoms with Crippen molar-refractivity contribution in [3.8, 4) is 0 Å². The average Bonchev–Trinajstić information content (AvgIpc) is 2.42. The highest BCUT2D eigenvalue weighted by Crippen LogP contribution is 2.19. The molecule has 1 aromatic carbocycles. The Morgan fingerprint density at radius 2 is 2.00 bits per heavy atom. The predicted molar refractivity (Wildman–Crippen MR) is 78.5 cm³/mol. The van der Waals surface area contributed by atoms with Gasteiger partial charge in [0.05, 0.1) is 17.0 Å². The highest BCUT2D eigenvalue weighted by molar-refractivity contribution is 9.08. The number of nitrogens with zero attached hydrogens (tertiary/aromatic N) is 2. The minimum atomic E-state index is -0.163. The summed E-state index contributed by atoms with van der Waals surface area (Å²) in [5, 5.41) is 11.5. The summed E-state index contributed by atoms with van der Waals surface area (Å²) in [6.07, 6.45) is 0. The molecule has 1 heterocycles. The van der Waals surface area contributed by atoms with Crippen LogP contribution >= 0.6 is 15.9 Å². The van der Waals surface area contributed by atoms with Crippen LogP contribution in [0.25, 0.3) is 0 Å². The van der Waals surface area contributed by atoms with Gasteiger partial charge in [-0.15, -0.1) is 0 Å². The van der Waals surface area contributed by atoms with Crippen molar-refractivity contribution in [1.82, 2.24) is 10.2 Å². The standard InChI is InChI=1S/C14H14BrN3O/c1-9-7-12(10(2)18-17-9)14(19)16-13-6-4-3-5-11(13)8-15/h3-7H,8H2,1-2H3,(H,16,19). The lowest BCUT2D eigenvalue weighted by molar-refractivity contribution is 0.102. The molecule has 0 spiro atoms. The number of hydrogen-bond acceptors (Lipinski definition) is 3. The number of benzene rings is 1. The van der Waals surface area contributed by atoms with E-state index in [0.29, 0.717) is 16.6 Å². The van der Waals surface area contributed by atoms with E-state index < -0.39 is 0 Å². The number of rotatable bonds is 3. The summed E-state index contributed by atoms with van der Waals surface area (Å²) in [7, 11) is 0. The Morgan fingerprint density at radius 1 is 1.26 bits per heavy atom.